The standard InChI is InChI=1S/C23H21N3O2S2/c1-14-15(2)29-22-19(14)23(25-13-24-22)30-20(16-8-5-4-6-9-16)21(27)26-17-10-7-11-18(12-17)28-3/h4-13,20H,1-3H3,(H,26,27)/t20-/m1/s1. The summed E-state index contributed by atoms with van der Waals surface area (Å²) >= 11 is 3.10. The zero-order chi connectivity index (χ0) is 21.1. The summed E-state index contributed by atoms with van der Waals surface area (Å²) in [6.07, 6.45) is 1.57. The van der Waals surface area contributed by atoms with E-state index in [1.54, 1.807) is 30.8 Å². The van der Waals surface area contributed by atoms with Crippen molar-refractivity contribution in [3.63, 3.8) is 0 Å². The predicted molar refractivity (Wildman–Crippen MR) is 124 cm³/mol. The first-order chi connectivity index (χ1) is 14.6. The van der Waals surface area contributed by atoms with Gasteiger partial charge in [0.1, 0.15) is 27.2 Å². The van der Waals surface area contributed by atoms with Crippen LogP contribution in [0, 0.1) is 13.8 Å². The van der Waals surface area contributed by atoms with Gasteiger partial charge < -0.3 is 10.1 Å². The number of rotatable bonds is 6. The Morgan fingerprint density at radius 3 is 2.67 bits per heavy atom. The van der Waals surface area contributed by atoms with Crippen molar-refractivity contribution in [1.82, 2.24) is 9.97 Å². The molecule has 30 heavy (non-hydrogen) atoms. The second kappa shape index (κ2) is 8.85. The Labute approximate surface area is 183 Å². The molecule has 7 heteroatoms. The number of aromatic nitrogens is 2. The number of thioether (sulfide) groups is 1. The number of thiophene rings is 1. The first-order valence-corrected chi connectivity index (χ1v) is 11.1. The largest absolute Gasteiger partial charge is 0.497 e. The molecule has 152 valence electrons. The Bertz CT molecular complexity index is 1190. The van der Waals surface area contributed by atoms with E-state index in [9.17, 15) is 4.79 Å². The van der Waals surface area contributed by atoms with Crippen molar-refractivity contribution in [1.29, 1.82) is 0 Å². The van der Waals surface area contributed by atoms with Crippen LogP contribution in [0.3, 0.4) is 0 Å². The predicted octanol–water partition coefficient (Wildman–Crippen LogP) is 5.79. The lowest BCUT2D eigenvalue weighted by atomic mass is 10.1. The summed E-state index contributed by atoms with van der Waals surface area (Å²) in [5.74, 6) is 0.578. The van der Waals surface area contributed by atoms with Gasteiger partial charge in [0.25, 0.3) is 0 Å². The number of hydrogen-bond acceptors (Lipinski definition) is 6. The second-order valence-corrected chi connectivity index (χ2v) is 9.07. The minimum atomic E-state index is -0.463. The Hall–Kier alpha value is -2.90. The number of carbonyl (C=O) groups is 1. The summed E-state index contributed by atoms with van der Waals surface area (Å²) in [7, 11) is 1.61. The van der Waals surface area contributed by atoms with Crippen molar-refractivity contribution >= 4 is 44.9 Å². The minimum Gasteiger partial charge on any atom is -0.497 e. The lowest BCUT2D eigenvalue weighted by Crippen LogP contribution is -2.19. The normalized spacial score (nSPS) is 12.0. The molecule has 0 fully saturated rings. The van der Waals surface area contributed by atoms with Crippen LogP contribution in [0.15, 0.2) is 66.0 Å². The van der Waals surface area contributed by atoms with E-state index in [0.717, 1.165) is 26.4 Å². The second-order valence-electron chi connectivity index (χ2n) is 6.77. The number of fused-ring (bicyclic) bond motifs is 1. The highest BCUT2D eigenvalue weighted by molar-refractivity contribution is 8.00. The highest BCUT2D eigenvalue weighted by atomic mass is 32.2. The quantitative estimate of drug-likeness (QED) is 0.307. The van der Waals surface area contributed by atoms with Gasteiger partial charge in [0.05, 0.1) is 7.11 Å². The number of carbonyl (C=O) groups excluding carboxylic acids is 1. The summed E-state index contributed by atoms with van der Waals surface area (Å²) in [6.45, 7) is 4.16. The van der Waals surface area contributed by atoms with Gasteiger partial charge in [0, 0.05) is 22.0 Å². The fourth-order valence-corrected chi connectivity index (χ4v) is 5.38. The minimum absolute atomic E-state index is 0.115. The molecular formula is C23H21N3O2S2. The molecule has 0 aliphatic heterocycles. The van der Waals surface area contributed by atoms with E-state index in [1.165, 1.54) is 16.6 Å². The van der Waals surface area contributed by atoms with Crippen LogP contribution in [-0.2, 0) is 4.79 Å². The van der Waals surface area contributed by atoms with Crippen molar-refractivity contribution in [3.05, 3.63) is 76.9 Å². The Morgan fingerprint density at radius 2 is 1.90 bits per heavy atom. The number of ether oxygens (including phenoxy) is 1. The average Bonchev–Trinajstić information content (AvgIpc) is 3.07. The van der Waals surface area contributed by atoms with Crippen LogP contribution in [0.25, 0.3) is 10.2 Å². The molecule has 2 aromatic carbocycles. The molecule has 1 amide bonds. The number of benzene rings is 2. The Balaban J connectivity index is 1.70. The van der Waals surface area contributed by atoms with E-state index >= 15 is 0 Å². The van der Waals surface area contributed by atoms with Crippen molar-refractivity contribution in [2.45, 2.75) is 24.1 Å². The summed E-state index contributed by atoms with van der Waals surface area (Å²) in [5, 5.41) is 4.40. The molecule has 2 heterocycles. The monoisotopic (exact) mass is 435 g/mol. The number of aryl methyl sites for hydroxylation is 2. The molecule has 5 nitrogen and oxygen atoms in total. The molecule has 1 atom stereocenters. The molecule has 0 aliphatic rings. The number of nitrogens with zero attached hydrogens (tertiary/aromatic N) is 2. The molecule has 4 rings (SSSR count). The van der Waals surface area contributed by atoms with Crippen LogP contribution >= 0.6 is 23.1 Å². The van der Waals surface area contributed by atoms with Gasteiger partial charge in [0.15, 0.2) is 0 Å². The van der Waals surface area contributed by atoms with E-state index in [4.69, 9.17) is 4.74 Å². The highest BCUT2D eigenvalue weighted by Crippen LogP contribution is 2.41. The van der Waals surface area contributed by atoms with Gasteiger partial charge in [-0.05, 0) is 37.1 Å². The third-order valence-electron chi connectivity index (χ3n) is 4.84. The van der Waals surface area contributed by atoms with Crippen molar-refractivity contribution < 1.29 is 9.53 Å². The first-order valence-electron chi connectivity index (χ1n) is 9.44. The van der Waals surface area contributed by atoms with Crippen LogP contribution in [0.4, 0.5) is 5.69 Å². The van der Waals surface area contributed by atoms with E-state index < -0.39 is 5.25 Å². The lowest BCUT2D eigenvalue weighted by Gasteiger charge is -2.17. The molecule has 0 spiro atoms. The van der Waals surface area contributed by atoms with Gasteiger partial charge in [-0.2, -0.15) is 0 Å². The SMILES string of the molecule is COc1cccc(NC(=O)[C@H](Sc2ncnc3sc(C)c(C)c23)c2ccccc2)c1. The molecule has 0 bridgehead atoms. The summed E-state index contributed by atoms with van der Waals surface area (Å²) in [4.78, 5) is 24.4. The fourth-order valence-electron chi connectivity index (χ4n) is 3.16. The number of methoxy groups -OCH3 is 1. The topological polar surface area (TPSA) is 64.1 Å². The molecule has 0 radical (unpaired) electrons. The smallest absolute Gasteiger partial charge is 0.242 e. The molecule has 1 N–H and O–H groups in total. The van der Waals surface area contributed by atoms with Crippen LogP contribution < -0.4 is 10.1 Å². The van der Waals surface area contributed by atoms with Crippen LogP contribution in [-0.4, -0.2) is 23.0 Å². The van der Waals surface area contributed by atoms with Crippen LogP contribution in [0.5, 0.6) is 5.75 Å². The highest BCUT2D eigenvalue weighted by Gasteiger charge is 2.25. The lowest BCUT2D eigenvalue weighted by molar-refractivity contribution is -0.115. The first kappa shape index (κ1) is 20.4. The molecule has 0 unspecified atom stereocenters. The maximum Gasteiger partial charge on any atom is 0.242 e. The number of hydrogen-bond donors (Lipinski definition) is 1. The molecule has 0 saturated heterocycles. The van der Waals surface area contributed by atoms with Gasteiger partial charge >= 0.3 is 0 Å². The molecule has 0 aliphatic carbocycles. The molecular weight excluding hydrogens is 414 g/mol. The Morgan fingerprint density at radius 1 is 1.10 bits per heavy atom. The van der Waals surface area contributed by atoms with Gasteiger partial charge in [-0.3, -0.25) is 4.79 Å². The number of anilines is 1. The zero-order valence-corrected chi connectivity index (χ0v) is 18.5. The van der Waals surface area contributed by atoms with E-state index in [0.29, 0.717) is 11.4 Å². The van der Waals surface area contributed by atoms with E-state index in [1.807, 2.05) is 48.5 Å². The zero-order valence-electron chi connectivity index (χ0n) is 16.9. The van der Waals surface area contributed by atoms with Crippen LogP contribution in [0.2, 0.25) is 0 Å². The maximum atomic E-state index is 13.3. The third-order valence-corrected chi connectivity index (χ3v) is 7.21. The molecule has 0 saturated carbocycles. The average molecular weight is 436 g/mol. The van der Waals surface area contributed by atoms with Crippen molar-refractivity contribution in [2.24, 2.45) is 0 Å². The van der Waals surface area contributed by atoms with Gasteiger partial charge in [-0.15, -0.1) is 11.3 Å². The third kappa shape index (κ3) is 4.17. The van der Waals surface area contributed by atoms with E-state index in [-0.39, 0.29) is 5.91 Å². The van der Waals surface area contributed by atoms with Crippen LogP contribution in [0.1, 0.15) is 21.3 Å². The van der Waals surface area contributed by atoms with Crippen molar-refractivity contribution in [3.8, 4) is 5.75 Å². The molecule has 4 aromatic rings. The Kier molecular flexibility index (Phi) is 6.01. The van der Waals surface area contributed by atoms with Gasteiger partial charge in [-0.25, -0.2) is 9.97 Å². The van der Waals surface area contributed by atoms with Gasteiger partial charge in [0.2, 0.25) is 5.91 Å². The van der Waals surface area contributed by atoms with Gasteiger partial charge in [-0.1, -0.05) is 48.2 Å². The fraction of sp³-hybridized carbons (Fsp3) is 0.174. The number of nitrogens with one attached hydrogen (secondary N) is 1. The summed E-state index contributed by atoms with van der Waals surface area (Å²) < 4.78 is 5.27. The summed E-state index contributed by atoms with van der Waals surface area (Å²) in [5.41, 5.74) is 2.77. The van der Waals surface area contributed by atoms with Crippen molar-refractivity contribution in [2.75, 3.05) is 12.4 Å². The maximum absolute atomic E-state index is 13.3. The number of amides is 1. The summed E-state index contributed by atoms with van der Waals surface area (Å²) in [6, 6.07) is 17.1. The molecule has 2 aromatic heterocycles. The van der Waals surface area contributed by atoms with E-state index in [2.05, 4.69) is 29.1 Å².